The molecule has 2 rings (SSSR count). The number of carbonyl (C=O) groups excluding carboxylic acids is 2. The molecule has 0 bridgehead atoms. The molecule has 17 heavy (non-hydrogen) atoms. The molecule has 2 aliphatic rings. The highest BCUT2D eigenvalue weighted by Gasteiger charge is 2.56. The van der Waals surface area contributed by atoms with E-state index in [0.717, 1.165) is 0 Å². The van der Waals surface area contributed by atoms with Gasteiger partial charge in [0.05, 0.1) is 6.42 Å². The predicted molar refractivity (Wildman–Crippen MR) is 57.6 cm³/mol. The molecule has 2 aliphatic heterocycles. The molecule has 0 N–H and O–H groups in total. The maximum Gasteiger partial charge on any atom is 0.308 e. The van der Waals surface area contributed by atoms with Crippen LogP contribution in [-0.2, 0) is 23.8 Å². The summed E-state index contributed by atoms with van der Waals surface area (Å²) in [5.74, 6) is -0.666. The van der Waals surface area contributed by atoms with Crippen LogP contribution in [0.4, 0.5) is 0 Å². The monoisotopic (exact) mass is 242 g/mol. The van der Waals surface area contributed by atoms with Gasteiger partial charge in [-0.05, 0) is 5.41 Å². The van der Waals surface area contributed by atoms with Gasteiger partial charge in [0.2, 0.25) is 12.6 Å². The number of ether oxygens (including phenoxy) is 3. The minimum atomic E-state index is -0.615. The summed E-state index contributed by atoms with van der Waals surface area (Å²) in [7, 11) is 0. The molecule has 2 heterocycles. The van der Waals surface area contributed by atoms with E-state index in [2.05, 4.69) is 0 Å². The molecule has 5 heteroatoms. The zero-order chi connectivity index (χ0) is 12.8. The molecule has 96 valence electrons. The molecule has 0 aromatic carbocycles. The average molecular weight is 242 g/mol. The summed E-state index contributed by atoms with van der Waals surface area (Å²) in [4.78, 5) is 22.3. The molecular weight excluding hydrogens is 224 g/mol. The molecular formula is C12H18O5. The summed E-state index contributed by atoms with van der Waals surface area (Å²) >= 11 is 0. The summed E-state index contributed by atoms with van der Waals surface area (Å²) in [5, 5.41) is 0. The number of carbonyl (C=O) groups is 2. The van der Waals surface area contributed by atoms with Crippen molar-refractivity contribution in [2.24, 2.45) is 17.3 Å². The van der Waals surface area contributed by atoms with Crippen LogP contribution in [0, 0.1) is 17.3 Å². The molecule has 2 saturated heterocycles. The SMILES string of the molecule is CC(=O)OC1OC2OC(=O)CC2C1C(C)(C)C. The van der Waals surface area contributed by atoms with Gasteiger partial charge < -0.3 is 14.2 Å². The van der Waals surface area contributed by atoms with Crippen LogP contribution in [0.15, 0.2) is 0 Å². The van der Waals surface area contributed by atoms with Crippen molar-refractivity contribution in [3.05, 3.63) is 0 Å². The summed E-state index contributed by atoms with van der Waals surface area (Å²) in [6.45, 7) is 7.48. The molecule has 5 nitrogen and oxygen atoms in total. The first-order chi connectivity index (χ1) is 7.79. The molecule has 0 amide bonds. The maximum absolute atomic E-state index is 11.2. The van der Waals surface area contributed by atoms with E-state index < -0.39 is 12.6 Å². The van der Waals surface area contributed by atoms with Gasteiger partial charge in [0.25, 0.3) is 0 Å². The van der Waals surface area contributed by atoms with E-state index in [1.807, 2.05) is 20.8 Å². The number of esters is 2. The predicted octanol–water partition coefficient (Wildman–Crippen LogP) is 1.46. The summed E-state index contributed by atoms with van der Waals surface area (Å²) < 4.78 is 15.8. The fraction of sp³-hybridized carbons (Fsp3) is 0.833. The van der Waals surface area contributed by atoms with Crippen LogP contribution in [0.25, 0.3) is 0 Å². The van der Waals surface area contributed by atoms with Crippen molar-refractivity contribution in [2.45, 2.75) is 46.7 Å². The van der Waals surface area contributed by atoms with Crippen molar-refractivity contribution < 1.29 is 23.8 Å². The molecule has 0 saturated carbocycles. The Kier molecular flexibility index (Phi) is 2.89. The fourth-order valence-corrected chi connectivity index (χ4v) is 2.71. The van der Waals surface area contributed by atoms with Crippen LogP contribution in [0.1, 0.15) is 34.1 Å². The number of fused-ring (bicyclic) bond motifs is 1. The van der Waals surface area contributed by atoms with E-state index in [1.165, 1.54) is 6.92 Å². The molecule has 0 spiro atoms. The normalized spacial score (nSPS) is 36.6. The van der Waals surface area contributed by atoms with Crippen LogP contribution < -0.4 is 0 Å². The lowest BCUT2D eigenvalue weighted by Gasteiger charge is -2.32. The second kappa shape index (κ2) is 3.98. The van der Waals surface area contributed by atoms with E-state index >= 15 is 0 Å². The van der Waals surface area contributed by atoms with Crippen molar-refractivity contribution in [3.8, 4) is 0 Å². The Labute approximate surface area is 100 Å². The Morgan fingerprint density at radius 2 is 2.06 bits per heavy atom. The highest BCUT2D eigenvalue weighted by atomic mass is 16.8. The second-order valence-corrected chi connectivity index (χ2v) is 5.73. The third-order valence-electron chi connectivity index (χ3n) is 3.30. The lowest BCUT2D eigenvalue weighted by atomic mass is 9.73. The van der Waals surface area contributed by atoms with Crippen molar-refractivity contribution in [1.29, 1.82) is 0 Å². The Morgan fingerprint density at radius 3 is 2.59 bits per heavy atom. The van der Waals surface area contributed by atoms with Crippen molar-refractivity contribution in [2.75, 3.05) is 0 Å². The topological polar surface area (TPSA) is 61.8 Å². The number of rotatable bonds is 1. The molecule has 2 fully saturated rings. The Balaban J connectivity index is 2.20. The molecule has 4 unspecified atom stereocenters. The minimum absolute atomic E-state index is 0.0214. The van der Waals surface area contributed by atoms with E-state index in [4.69, 9.17) is 14.2 Å². The van der Waals surface area contributed by atoms with Gasteiger partial charge in [0, 0.05) is 18.8 Å². The second-order valence-electron chi connectivity index (χ2n) is 5.73. The first-order valence-corrected chi connectivity index (χ1v) is 5.81. The quantitative estimate of drug-likeness (QED) is 0.651. The van der Waals surface area contributed by atoms with Gasteiger partial charge in [-0.1, -0.05) is 20.8 Å². The summed E-state index contributed by atoms with van der Waals surface area (Å²) in [6, 6.07) is 0. The van der Waals surface area contributed by atoms with E-state index in [-0.39, 0.29) is 29.2 Å². The fourth-order valence-electron chi connectivity index (χ4n) is 2.71. The Hall–Kier alpha value is -1.10. The lowest BCUT2D eigenvalue weighted by Crippen LogP contribution is -2.35. The third-order valence-corrected chi connectivity index (χ3v) is 3.30. The smallest absolute Gasteiger partial charge is 0.308 e. The van der Waals surface area contributed by atoms with Gasteiger partial charge in [-0.3, -0.25) is 9.59 Å². The maximum atomic E-state index is 11.2. The van der Waals surface area contributed by atoms with E-state index in [9.17, 15) is 9.59 Å². The highest BCUT2D eigenvalue weighted by molar-refractivity contribution is 5.72. The van der Waals surface area contributed by atoms with Crippen molar-refractivity contribution in [1.82, 2.24) is 0 Å². The van der Waals surface area contributed by atoms with Crippen molar-refractivity contribution in [3.63, 3.8) is 0 Å². The Bertz CT molecular complexity index is 343. The summed E-state index contributed by atoms with van der Waals surface area (Å²) in [5.41, 5.74) is -0.118. The van der Waals surface area contributed by atoms with Gasteiger partial charge in [0.15, 0.2) is 0 Å². The molecule has 0 radical (unpaired) electrons. The molecule has 4 atom stereocenters. The standard InChI is InChI=1S/C12H18O5/c1-6(13)15-11-9(12(2,3)4)7-5-8(14)16-10(7)17-11/h7,9-11H,5H2,1-4H3. The highest BCUT2D eigenvalue weighted by Crippen LogP contribution is 2.48. The third kappa shape index (κ3) is 2.29. The largest absolute Gasteiger partial charge is 0.435 e. The lowest BCUT2D eigenvalue weighted by molar-refractivity contribution is -0.212. The van der Waals surface area contributed by atoms with Gasteiger partial charge in [-0.15, -0.1) is 0 Å². The first-order valence-electron chi connectivity index (χ1n) is 5.81. The van der Waals surface area contributed by atoms with Gasteiger partial charge in [0.1, 0.15) is 0 Å². The van der Waals surface area contributed by atoms with E-state index in [1.54, 1.807) is 0 Å². The number of hydrogen-bond acceptors (Lipinski definition) is 5. The van der Waals surface area contributed by atoms with Crippen LogP contribution in [-0.4, -0.2) is 24.5 Å². The van der Waals surface area contributed by atoms with E-state index in [0.29, 0.717) is 6.42 Å². The van der Waals surface area contributed by atoms with Crippen molar-refractivity contribution >= 4 is 11.9 Å². The summed E-state index contributed by atoms with van der Waals surface area (Å²) in [6.07, 6.45) is -0.837. The van der Waals surface area contributed by atoms with Gasteiger partial charge >= 0.3 is 11.9 Å². The zero-order valence-corrected chi connectivity index (χ0v) is 10.6. The molecule has 0 aromatic heterocycles. The zero-order valence-electron chi connectivity index (χ0n) is 10.6. The molecule has 0 aromatic rings. The number of hydrogen-bond donors (Lipinski definition) is 0. The molecule has 0 aliphatic carbocycles. The van der Waals surface area contributed by atoms with Gasteiger partial charge in [-0.25, -0.2) is 0 Å². The van der Waals surface area contributed by atoms with Crippen LogP contribution in [0.5, 0.6) is 0 Å². The van der Waals surface area contributed by atoms with Crippen LogP contribution in [0.2, 0.25) is 0 Å². The van der Waals surface area contributed by atoms with Crippen LogP contribution >= 0.6 is 0 Å². The van der Waals surface area contributed by atoms with Gasteiger partial charge in [-0.2, -0.15) is 0 Å². The average Bonchev–Trinajstić information content (AvgIpc) is 2.55. The van der Waals surface area contributed by atoms with Crippen LogP contribution in [0.3, 0.4) is 0 Å². The first kappa shape index (κ1) is 12.4. The Morgan fingerprint density at radius 1 is 1.41 bits per heavy atom. The minimum Gasteiger partial charge on any atom is -0.435 e.